The number of rotatable bonds is 2. The van der Waals surface area contributed by atoms with E-state index in [0.29, 0.717) is 0 Å². The summed E-state index contributed by atoms with van der Waals surface area (Å²) < 4.78 is 0. The van der Waals surface area contributed by atoms with Crippen molar-refractivity contribution in [2.75, 3.05) is 0 Å². The summed E-state index contributed by atoms with van der Waals surface area (Å²) in [6.45, 7) is 0. The van der Waals surface area contributed by atoms with Crippen molar-refractivity contribution in [2.45, 2.75) is 0 Å². The molecule has 0 saturated heterocycles. The molecule has 1 heterocycles. The highest BCUT2D eigenvalue weighted by Gasteiger charge is 2.08. The van der Waals surface area contributed by atoms with Crippen LogP contribution >= 0.6 is 0 Å². The van der Waals surface area contributed by atoms with E-state index in [0.717, 1.165) is 6.07 Å². The lowest BCUT2D eigenvalue weighted by Gasteiger charge is -1.98. The van der Waals surface area contributed by atoms with Gasteiger partial charge in [0, 0.05) is 23.0 Å². The zero-order chi connectivity index (χ0) is 14.1. The van der Waals surface area contributed by atoms with Gasteiger partial charge >= 0.3 is 5.97 Å². The summed E-state index contributed by atoms with van der Waals surface area (Å²) in [5.74, 6) is -1.65. The number of hydrogen-bond acceptors (Lipinski definition) is 4. The van der Waals surface area contributed by atoms with Gasteiger partial charge in [-0.2, -0.15) is 0 Å². The number of carboxylic acids is 1. The van der Waals surface area contributed by atoms with Gasteiger partial charge < -0.3 is 10.2 Å². The second kappa shape index (κ2) is 7.31. The van der Waals surface area contributed by atoms with Crippen molar-refractivity contribution < 1.29 is 15.0 Å². The third-order valence-corrected chi connectivity index (χ3v) is 1.94. The smallest absolute Gasteiger partial charge is 0.339 e. The molecule has 1 aromatic heterocycles. The number of carbonyl (C=O) groups is 1. The van der Waals surface area contributed by atoms with Crippen LogP contribution in [0.2, 0.25) is 0 Å². The summed E-state index contributed by atoms with van der Waals surface area (Å²) in [6.07, 6.45) is 3.50. The molecule has 0 fully saturated rings. The number of azide groups is 1. The predicted molar refractivity (Wildman–Crippen MR) is 68.1 cm³/mol. The van der Waals surface area contributed by atoms with Crippen LogP contribution < -0.4 is 0 Å². The van der Waals surface area contributed by atoms with Crippen LogP contribution in [0.1, 0.15) is 10.4 Å². The minimum atomic E-state index is -1.23. The fourth-order valence-corrected chi connectivity index (χ4v) is 1.13. The van der Waals surface area contributed by atoms with Crippen LogP contribution in [0.15, 0.2) is 53.9 Å². The molecule has 0 aliphatic carbocycles. The first-order valence-corrected chi connectivity index (χ1v) is 5.11. The monoisotopic (exact) mass is 258 g/mol. The second-order valence-electron chi connectivity index (χ2n) is 3.22. The molecule has 7 heteroatoms. The van der Waals surface area contributed by atoms with E-state index >= 15 is 0 Å². The third kappa shape index (κ3) is 4.76. The quantitative estimate of drug-likeness (QED) is 0.488. The van der Waals surface area contributed by atoms with Crippen molar-refractivity contribution in [1.29, 1.82) is 0 Å². The minimum absolute atomic E-state index is 0.171. The summed E-state index contributed by atoms with van der Waals surface area (Å²) >= 11 is 0. The Bertz CT molecular complexity index is 568. The molecule has 0 amide bonds. The topological polar surface area (TPSA) is 119 Å². The maximum absolute atomic E-state index is 10.4. The maximum atomic E-state index is 10.4. The predicted octanol–water partition coefficient (Wildman–Crippen LogP) is 3.11. The van der Waals surface area contributed by atoms with Crippen molar-refractivity contribution in [2.24, 2.45) is 5.11 Å². The highest BCUT2D eigenvalue weighted by atomic mass is 16.4. The van der Waals surface area contributed by atoms with Crippen LogP contribution in [0.3, 0.4) is 0 Å². The zero-order valence-electron chi connectivity index (χ0n) is 9.71. The number of hydrogen-bond donors (Lipinski definition) is 2. The van der Waals surface area contributed by atoms with Crippen LogP contribution in [0.4, 0.5) is 5.69 Å². The van der Waals surface area contributed by atoms with Crippen LogP contribution in [0.25, 0.3) is 10.4 Å². The number of pyridine rings is 1. The van der Waals surface area contributed by atoms with Gasteiger partial charge in [-0.15, -0.1) is 0 Å². The molecule has 0 aliphatic rings. The number of aromatic hydroxyl groups is 1. The van der Waals surface area contributed by atoms with E-state index in [4.69, 9.17) is 15.7 Å². The third-order valence-electron chi connectivity index (χ3n) is 1.94. The molecule has 2 aromatic rings. The van der Waals surface area contributed by atoms with E-state index in [1.807, 2.05) is 18.2 Å². The molecule has 0 bridgehead atoms. The summed E-state index contributed by atoms with van der Waals surface area (Å²) in [7, 11) is 0. The van der Waals surface area contributed by atoms with Gasteiger partial charge in [-0.25, -0.2) is 4.79 Å². The van der Waals surface area contributed by atoms with Gasteiger partial charge in [0.2, 0.25) is 0 Å². The Morgan fingerprint density at radius 2 is 1.95 bits per heavy atom. The molecular weight excluding hydrogens is 248 g/mol. The number of benzene rings is 1. The van der Waals surface area contributed by atoms with Gasteiger partial charge in [0.25, 0.3) is 0 Å². The molecule has 19 heavy (non-hydrogen) atoms. The Balaban J connectivity index is 0.000000250. The summed E-state index contributed by atoms with van der Waals surface area (Å²) in [6, 6.07) is 9.28. The number of carboxylic acid groups (broad SMARTS) is 1. The van der Waals surface area contributed by atoms with Crippen LogP contribution in [0, 0.1) is 0 Å². The first-order chi connectivity index (χ1) is 9.15. The summed E-state index contributed by atoms with van der Waals surface area (Å²) in [4.78, 5) is 16.7. The van der Waals surface area contributed by atoms with E-state index in [1.165, 1.54) is 12.1 Å². The zero-order valence-corrected chi connectivity index (χ0v) is 9.71. The molecule has 1 aromatic carbocycles. The number of nitrogens with zero attached hydrogens (tertiary/aromatic N) is 4. The molecule has 0 saturated carbocycles. The molecule has 0 radical (unpaired) electrons. The largest absolute Gasteiger partial charge is 0.507 e. The molecule has 2 N–H and O–H groups in total. The Morgan fingerprint density at radius 3 is 2.32 bits per heavy atom. The Morgan fingerprint density at radius 1 is 1.26 bits per heavy atom. The molecule has 0 atom stereocenters. The molecular formula is C12H10N4O3. The van der Waals surface area contributed by atoms with Crippen LogP contribution in [-0.4, -0.2) is 21.2 Å². The first-order valence-electron chi connectivity index (χ1n) is 5.11. The van der Waals surface area contributed by atoms with Gasteiger partial charge in [-0.1, -0.05) is 17.2 Å². The number of aromatic carboxylic acids is 1. The fourth-order valence-electron chi connectivity index (χ4n) is 1.13. The van der Waals surface area contributed by atoms with Crippen LogP contribution in [0.5, 0.6) is 5.75 Å². The summed E-state index contributed by atoms with van der Waals surface area (Å²) in [5, 5.41) is 20.8. The van der Waals surface area contributed by atoms with E-state index in [9.17, 15) is 4.79 Å². The van der Waals surface area contributed by atoms with Crippen molar-refractivity contribution in [3.63, 3.8) is 0 Å². The lowest BCUT2D eigenvalue weighted by atomic mass is 10.2. The molecule has 0 unspecified atom stereocenters. The molecule has 0 spiro atoms. The van der Waals surface area contributed by atoms with Crippen LogP contribution in [-0.2, 0) is 0 Å². The highest BCUT2D eigenvalue weighted by Crippen LogP contribution is 2.23. The second-order valence-corrected chi connectivity index (χ2v) is 3.22. The average Bonchev–Trinajstić information content (AvgIpc) is 2.41. The number of aromatic nitrogens is 1. The first kappa shape index (κ1) is 14.0. The number of phenols is 1. The fraction of sp³-hybridized carbons (Fsp3) is 0. The Kier molecular flexibility index (Phi) is 5.39. The van der Waals surface area contributed by atoms with Gasteiger partial charge in [-0.05, 0) is 29.8 Å². The van der Waals surface area contributed by atoms with Gasteiger partial charge in [-0.3, -0.25) is 4.98 Å². The van der Waals surface area contributed by atoms with E-state index < -0.39 is 11.7 Å². The molecule has 7 nitrogen and oxygen atoms in total. The lowest BCUT2D eigenvalue weighted by molar-refractivity contribution is 0.0694. The van der Waals surface area contributed by atoms with Gasteiger partial charge in [0.15, 0.2) is 0 Å². The standard InChI is InChI=1S/C7H5N3O3.C5H5N/c8-10-9-4-1-2-5(7(12)13)6(11)3-4;1-2-4-6-5-3-1/h1-3,11H,(H,12,13);1-5H. The van der Waals surface area contributed by atoms with Crippen molar-refractivity contribution >= 4 is 11.7 Å². The highest BCUT2D eigenvalue weighted by molar-refractivity contribution is 5.91. The molecule has 96 valence electrons. The van der Waals surface area contributed by atoms with Crippen molar-refractivity contribution in [3.05, 3.63) is 64.8 Å². The average molecular weight is 258 g/mol. The lowest BCUT2D eigenvalue weighted by Crippen LogP contribution is -1.95. The van der Waals surface area contributed by atoms with Gasteiger partial charge in [0.1, 0.15) is 11.3 Å². The van der Waals surface area contributed by atoms with E-state index in [2.05, 4.69) is 15.0 Å². The van der Waals surface area contributed by atoms with E-state index in [-0.39, 0.29) is 11.3 Å². The maximum Gasteiger partial charge on any atom is 0.339 e. The van der Waals surface area contributed by atoms with E-state index in [1.54, 1.807) is 12.4 Å². The van der Waals surface area contributed by atoms with Crippen molar-refractivity contribution in [3.8, 4) is 5.75 Å². The van der Waals surface area contributed by atoms with Crippen molar-refractivity contribution in [1.82, 2.24) is 4.98 Å². The SMILES string of the molecule is [N-]=[N+]=Nc1ccc(C(=O)O)c(O)c1.c1ccncc1. The normalized spacial score (nSPS) is 8.63. The molecule has 2 rings (SSSR count). The summed E-state index contributed by atoms with van der Waals surface area (Å²) in [5.41, 5.74) is 8.00. The Labute approximate surface area is 108 Å². The van der Waals surface area contributed by atoms with Gasteiger partial charge in [0.05, 0.1) is 0 Å². The minimum Gasteiger partial charge on any atom is -0.507 e. The molecule has 0 aliphatic heterocycles. The Hall–Kier alpha value is -3.05.